The van der Waals surface area contributed by atoms with Gasteiger partial charge in [-0.2, -0.15) is 0 Å². The Morgan fingerprint density at radius 2 is 2.20 bits per heavy atom. The lowest BCUT2D eigenvalue weighted by Gasteiger charge is -2.31. The maximum Gasteiger partial charge on any atom is 0.254 e. The van der Waals surface area contributed by atoms with Crippen LogP contribution in [0.1, 0.15) is 17.7 Å². The van der Waals surface area contributed by atoms with Gasteiger partial charge in [0.1, 0.15) is 0 Å². The van der Waals surface area contributed by atoms with Crippen molar-refractivity contribution in [2.75, 3.05) is 13.2 Å². The van der Waals surface area contributed by atoms with Gasteiger partial charge in [-0.1, -0.05) is 0 Å². The molecular weight excluding hydrogens is 196 g/mol. The van der Waals surface area contributed by atoms with E-state index in [1.165, 1.54) is 6.33 Å². The predicted octanol–water partition coefficient (Wildman–Crippen LogP) is 0.00170. The average molecular weight is 208 g/mol. The summed E-state index contributed by atoms with van der Waals surface area (Å²) in [6.07, 6.45) is 3.51. The number of ether oxygens (including phenoxy) is 2. The Bertz CT molecular complexity index is 435. The topological polar surface area (TPSA) is 64.2 Å². The highest BCUT2D eigenvalue weighted by Crippen LogP contribution is 2.32. The van der Waals surface area contributed by atoms with Crippen molar-refractivity contribution in [2.24, 2.45) is 0 Å². The van der Waals surface area contributed by atoms with Crippen LogP contribution in [0.3, 0.4) is 0 Å². The standard InChI is InChI=1S/C10H12N2O3/c13-9-7-5-10(14-3-4-15-10)2-1-8(7)11-6-12-9/h6H,1-5H2,(H,11,12,13). The minimum Gasteiger partial charge on any atom is -0.347 e. The minimum absolute atomic E-state index is 0.0711. The fourth-order valence-electron chi connectivity index (χ4n) is 2.27. The molecule has 1 N–H and O–H groups in total. The molecule has 1 saturated heterocycles. The highest BCUT2D eigenvalue weighted by Gasteiger charge is 2.41. The summed E-state index contributed by atoms with van der Waals surface area (Å²) in [5.74, 6) is -0.553. The van der Waals surface area contributed by atoms with Crippen molar-refractivity contribution in [3.05, 3.63) is 27.9 Å². The minimum atomic E-state index is -0.553. The Kier molecular flexibility index (Phi) is 1.90. The zero-order valence-electron chi connectivity index (χ0n) is 8.28. The summed E-state index contributed by atoms with van der Waals surface area (Å²) in [5, 5.41) is 0. The van der Waals surface area contributed by atoms with Crippen molar-refractivity contribution in [3.8, 4) is 0 Å². The molecule has 0 radical (unpaired) electrons. The number of nitrogens with one attached hydrogen (secondary N) is 1. The van der Waals surface area contributed by atoms with E-state index in [1.807, 2.05) is 0 Å². The van der Waals surface area contributed by atoms with E-state index in [-0.39, 0.29) is 5.56 Å². The third-order valence-corrected chi connectivity index (χ3v) is 3.04. The number of H-pyrrole nitrogens is 1. The monoisotopic (exact) mass is 208 g/mol. The van der Waals surface area contributed by atoms with E-state index in [4.69, 9.17) is 9.47 Å². The second-order valence-electron chi connectivity index (χ2n) is 3.94. The molecule has 1 fully saturated rings. The normalized spacial score (nSPS) is 22.9. The molecule has 5 heteroatoms. The first-order chi connectivity index (χ1) is 7.29. The van der Waals surface area contributed by atoms with Crippen LogP contribution in [0, 0.1) is 0 Å². The van der Waals surface area contributed by atoms with Crippen LogP contribution in [0.2, 0.25) is 0 Å². The van der Waals surface area contributed by atoms with Crippen molar-refractivity contribution in [2.45, 2.75) is 25.0 Å². The van der Waals surface area contributed by atoms with Crippen molar-refractivity contribution in [3.63, 3.8) is 0 Å². The lowest BCUT2D eigenvalue weighted by molar-refractivity contribution is -0.164. The van der Waals surface area contributed by atoms with E-state index in [2.05, 4.69) is 9.97 Å². The number of rotatable bonds is 0. The Labute approximate surface area is 86.4 Å². The second-order valence-corrected chi connectivity index (χ2v) is 3.94. The molecule has 0 saturated carbocycles. The number of fused-ring (bicyclic) bond motifs is 1. The molecule has 5 nitrogen and oxygen atoms in total. The SMILES string of the molecule is O=c1[nH]cnc2c1CC1(CC2)OCCO1. The summed E-state index contributed by atoms with van der Waals surface area (Å²) in [4.78, 5) is 18.4. The van der Waals surface area contributed by atoms with E-state index < -0.39 is 5.79 Å². The largest absolute Gasteiger partial charge is 0.347 e. The van der Waals surface area contributed by atoms with E-state index in [0.717, 1.165) is 18.5 Å². The molecular formula is C10H12N2O3. The first-order valence-corrected chi connectivity index (χ1v) is 5.12. The summed E-state index contributed by atoms with van der Waals surface area (Å²) in [7, 11) is 0. The molecule has 15 heavy (non-hydrogen) atoms. The molecule has 0 amide bonds. The molecule has 0 atom stereocenters. The van der Waals surface area contributed by atoms with Crippen LogP contribution in [-0.2, 0) is 22.3 Å². The molecule has 2 aliphatic rings. The van der Waals surface area contributed by atoms with E-state index in [1.54, 1.807) is 0 Å². The highest BCUT2D eigenvalue weighted by atomic mass is 16.7. The maximum atomic E-state index is 11.6. The molecule has 0 bridgehead atoms. The van der Waals surface area contributed by atoms with Crippen LogP contribution < -0.4 is 5.56 Å². The number of hydrogen-bond acceptors (Lipinski definition) is 4. The zero-order chi connectivity index (χ0) is 10.3. The molecule has 1 aliphatic carbocycles. The van der Waals surface area contributed by atoms with E-state index >= 15 is 0 Å². The van der Waals surface area contributed by atoms with Crippen molar-refractivity contribution >= 4 is 0 Å². The van der Waals surface area contributed by atoms with E-state index in [9.17, 15) is 4.79 Å². The third-order valence-electron chi connectivity index (χ3n) is 3.04. The molecule has 3 rings (SSSR count). The maximum absolute atomic E-state index is 11.6. The van der Waals surface area contributed by atoms with Crippen molar-refractivity contribution in [1.82, 2.24) is 9.97 Å². The van der Waals surface area contributed by atoms with Gasteiger partial charge >= 0.3 is 0 Å². The lowest BCUT2D eigenvalue weighted by atomic mass is 9.91. The van der Waals surface area contributed by atoms with Crippen LogP contribution >= 0.6 is 0 Å². The van der Waals surface area contributed by atoms with Gasteiger partial charge in [0.2, 0.25) is 0 Å². The second kappa shape index (κ2) is 3.15. The number of hydrogen-bond donors (Lipinski definition) is 1. The fourth-order valence-corrected chi connectivity index (χ4v) is 2.27. The summed E-state index contributed by atoms with van der Waals surface area (Å²) >= 11 is 0. The average Bonchev–Trinajstić information content (AvgIpc) is 2.68. The summed E-state index contributed by atoms with van der Waals surface area (Å²) in [5.41, 5.74) is 1.52. The van der Waals surface area contributed by atoms with E-state index in [0.29, 0.717) is 25.2 Å². The summed E-state index contributed by atoms with van der Waals surface area (Å²) < 4.78 is 11.2. The number of aromatic nitrogens is 2. The summed E-state index contributed by atoms with van der Waals surface area (Å²) in [6.45, 7) is 1.24. The molecule has 1 aliphatic heterocycles. The van der Waals surface area contributed by atoms with Crippen LogP contribution in [0.25, 0.3) is 0 Å². The van der Waals surface area contributed by atoms with Crippen molar-refractivity contribution in [1.29, 1.82) is 0 Å². The smallest absolute Gasteiger partial charge is 0.254 e. The fraction of sp³-hybridized carbons (Fsp3) is 0.600. The molecule has 0 aromatic carbocycles. The van der Waals surface area contributed by atoms with Gasteiger partial charge in [-0.3, -0.25) is 4.79 Å². The Morgan fingerprint density at radius 1 is 1.40 bits per heavy atom. The number of nitrogens with zero attached hydrogens (tertiary/aromatic N) is 1. The van der Waals surface area contributed by atoms with Crippen LogP contribution in [0.5, 0.6) is 0 Å². The molecule has 80 valence electrons. The Morgan fingerprint density at radius 3 is 3.00 bits per heavy atom. The summed E-state index contributed by atoms with van der Waals surface area (Å²) in [6, 6.07) is 0. The molecule has 1 aromatic heterocycles. The lowest BCUT2D eigenvalue weighted by Crippen LogP contribution is -2.40. The Balaban J connectivity index is 2.01. The van der Waals surface area contributed by atoms with Gasteiger partial charge in [0.05, 0.1) is 25.2 Å². The van der Waals surface area contributed by atoms with Crippen LogP contribution in [-0.4, -0.2) is 29.0 Å². The molecule has 1 spiro atoms. The van der Waals surface area contributed by atoms with Gasteiger partial charge in [0, 0.05) is 18.4 Å². The molecule has 2 heterocycles. The van der Waals surface area contributed by atoms with Gasteiger partial charge in [-0.15, -0.1) is 0 Å². The van der Waals surface area contributed by atoms with Crippen molar-refractivity contribution < 1.29 is 9.47 Å². The zero-order valence-corrected chi connectivity index (χ0v) is 8.28. The van der Waals surface area contributed by atoms with Crippen LogP contribution in [0.4, 0.5) is 0 Å². The van der Waals surface area contributed by atoms with Crippen LogP contribution in [0.15, 0.2) is 11.1 Å². The molecule has 0 unspecified atom stereocenters. The highest BCUT2D eigenvalue weighted by molar-refractivity contribution is 5.22. The first kappa shape index (κ1) is 9.06. The van der Waals surface area contributed by atoms with Gasteiger partial charge in [0.15, 0.2) is 5.79 Å². The van der Waals surface area contributed by atoms with Gasteiger partial charge < -0.3 is 14.5 Å². The van der Waals surface area contributed by atoms with Gasteiger partial charge in [-0.25, -0.2) is 4.98 Å². The quantitative estimate of drug-likeness (QED) is 0.652. The van der Waals surface area contributed by atoms with Gasteiger partial charge in [0.25, 0.3) is 5.56 Å². The Hall–Kier alpha value is -1.20. The third kappa shape index (κ3) is 1.39. The van der Waals surface area contributed by atoms with Gasteiger partial charge in [-0.05, 0) is 6.42 Å². The molecule has 1 aromatic rings. The first-order valence-electron chi connectivity index (χ1n) is 5.12. The predicted molar refractivity (Wildman–Crippen MR) is 51.5 cm³/mol. The number of aryl methyl sites for hydroxylation is 1. The number of aromatic amines is 1.